The van der Waals surface area contributed by atoms with E-state index in [1.807, 2.05) is 0 Å². The van der Waals surface area contributed by atoms with Gasteiger partial charge in [0, 0.05) is 17.8 Å². The fourth-order valence-electron chi connectivity index (χ4n) is 5.73. The van der Waals surface area contributed by atoms with Crippen molar-refractivity contribution in [2.24, 2.45) is 16.7 Å². The van der Waals surface area contributed by atoms with Crippen LogP contribution in [0.3, 0.4) is 0 Å². The quantitative estimate of drug-likeness (QED) is 0.384. The van der Waals surface area contributed by atoms with E-state index in [1.165, 1.54) is 0 Å². The lowest BCUT2D eigenvalue weighted by molar-refractivity contribution is -0.272. The molecule has 6 nitrogen and oxygen atoms in total. The van der Waals surface area contributed by atoms with E-state index in [4.69, 9.17) is 9.47 Å². The van der Waals surface area contributed by atoms with Gasteiger partial charge in [0.2, 0.25) is 0 Å². The van der Waals surface area contributed by atoms with Crippen molar-refractivity contribution < 1.29 is 29.6 Å². The summed E-state index contributed by atoms with van der Waals surface area (Å²) < 4.78 is 11.2. The predicted octanol–water partition coefficient (Wildman–Crippen LogP) is 2.30. The highest BCUT2D eigenvalue weighted by molar-refractivity contribution is 5.70. The average Bonchev–Trinajstić information content (AvgIpc) is 2.88. The molecule has 0 aromatic carbocycles. The van der Waals surface area contributed by atoms with E-state index >= 15 is 0 Å². The Morgan fingerprint density at radius 2 is 2.00 bits per heavy atom. The number of unbranched alkanes of at least 4 members (excludes halogenated alkanes) is 2. The first-order valence-electron chi connectivity index (χ1n) is 10.2. The lowest BCUT2D eigenvalue weighted by Gasteiger charge is -2.62. The third-order valence-electron chi connectivity index (χ3n) is 7.25. The molecule has 0 aromatic heterocycles. The zero-order valence-corrected chi connectivity index (χ0v) is 16.9. The predicted molar refractivity (Wildman–Crippen MR) is 99.6 cm³/mol. The van der Waals surface area contributed by atoms with E-state index < -0.39 is 29.5 Å². The molecular weight excluding hydrogens is 348 g/mol. The first-order valence-corrected chi connectivity index (χ1v) is 10.2. The summed E-state index contributed by atoms with van der Waals surface area (Å²) >= 11 is 0. The maximum atomic E-state index is 12.4. The standard InChI is InChI=1S/C21H34O6/c1-5-6-7-8-16(23)27-14-11-13-12-26-18(24)21(13,25)20(4)15(22)9-10-19(2,3)17(14)20/h11,14-15,17-18,22,24-25H,5-10,12H2,1-4H3/t14-,15+,17+,18+,20+,21+/m1/s1. The van der Waals surface area contributed by atoms with Gasteiger partial charge in [-0.3, -0.25) is 4.79 Å². The zero-order valence-electron chi connectivity index (χ0n) is 16.9. The van der Waals surface area contributed by atoms with Crippen LogP contribution < -0.4 is 0 Å². The molecule has 6 atom stereocenters. The molecule has 3 N–H and O–H groups in total. The van der Waals surface area contributed by atoms with Gasteiger partial charge in [-0.05, 0) is 36.3 Å². The first kappa shape index (κ1) is 20.8. The number of hydrogen-bond acceptors (Lipinski definition) is 6. The van der Waals surface area contributed by atoms with Gasteiger partial charge in [0.15, 0.2) is 6.29 Å². The maximum absolute atomic E-state index is 12.4. The number of fused-ring (bicyclic) bond motifs is 3. The van der Waals surface area contributed by atoms with E-state index in [0.29, 0.717) is 18.4 Å². The normalized spacial score (nSPS) is 42.9. The molecule has 1 heterocycles. The first-order chi connectivity index (χ1) is 12.6. The van der Waals surface area contributed by atoms with E-state index in [-0.39, 0.29) is 23.9 Å². The second-order valence-corrected chi connectivity index (χ2v) is 9.34. The second-order valence-electron chi connectivity index (χ2n) is 9.34. The number of ether oxygens (including phenoxy) is 2. The Morgan fingerprint density at radius 3 is 2.67 bits per heavy atom. The minimum absolute atomic E-state index is 0.0665. The van der Waals surface area contributed by atoms with Gasteiger partial charge in [-0.1, -0.05) is 40.5 Å². The number of carbonyl (C=O) groups is 1. The van der Waals surface area contributed by atoms with Crippen LogP contribution in [0.2, 0.25) is 0 Å². The molecule has 1 saturated carbocycles. The molecule has 0 unspecified atom stereocenters. The van der Waals surface area contributed by atoms with Gasteiger partial charge < -0.3 is 24.8 Å². The van der Waals surface area contributed by atoms with Crippen LogP contribution in [0.4, 0.5) is 0 Å². The van der Waals surface area contributed by atoms with Crippen molar-refractivity contribution in [2.45, 2.75) is 90.3 Å². The van der Waals surface area contributed by atoms with Crippen LogP contribution in [0.25, 0.3) is 0 Å². The van der Waals surface area contributed by atoms with Crippen LogP contribution in [0.15, 0.2) is 11.6 Å². The van der Waals surface area contributed by atoms with Crippen LogP contribution in [-0.4, -0.2) is 52.0 Å². The third kappa shape index (κ3) is 3.05. The fourth-order valence-corrected chi connectivity index (χ4v) is 5.73. The number of aliphatic hydroxyl groups is 3. The highest BCUT2D eigenvalue weighted by Crippen LogP contribution is 2.63. The van der Waals surface area contributed by atoms with Crippen molar-refractivity contribution in [1.82, 2.24) is 0 Å². The summed E-state index contributed by atoms with van der Waals surface area (Å²) in [5.74, 6) is -0.595. The number of aliphatic hydroxyl groups excluding tert-OH is 2. The van der Waals surface area contributed by atoms with Gasteiger partial charge >= 0.3 is 5.97 Å². The van der Waals surface area contributed by atoms with Crippen molar-refractivity contribution in [3.63, 3.8) is 0 Å². The number of hydrogen-bond donors (Lipinski definition) is 3. The summed E-state index contributed by atoms with van der Waals surface area (Å²) in [4.78, 5) is 12.4. The molecule has 0 radical (unpaired) electrons. The molecule has 6 heteroatoms. The van der Waals surface area contributed by atoms with Crippen LogP contribution in [0.5, 0.6) is 0 Å². The van der Waals surface area contributed by atoms with Crippen LogP contribution >= 0.6 is 0 Å². The Kier molecular flexibility index (Phi) is 5.49. The summed E-state index contributed by atoms with van der Waals surface area (Å²) in [6, 6.07) is 0. The van der Waals surface area contributed by atoms with Crippen molar-refractivity contribution in [3.8, 4) is 0 Å². The summed E-state index contributed by atoms with van der Waals surface area (Å²) in [6.07, 6.45) is 3.38. The molecule has 2 aliphatic carbocycles. The van der Waals surface area contributed by atoms with Crippen molar-refractivity contribution in [3.05, 3.63) is 11.6 Å². The smallest absolute Gasteiger partial charge is 0.306 e. The van der Waals surface area contributed by atoms with Gasteiger partial charge in [-0.2, -0.15) is 0 Å². The molecule has 0 spiro atoms. The van der Waals surface area contributed by atoms with Gasteiger partial charge in [0.1, 0.15) is 11.7 Å². The van der Waals surface area contributed by atoms with Gasteiger partial charge in [0.05, 0.1) is 12.7 Å². The highest BCUT2D eigenvalue weighted by Gasteiger charge is 2.71. The second kappa shape index (κ2) is 7.14. The summed E-state index contributed by atoms with van der Waals surface area (Å²) in [6.45, 7) is 8.10. The molecule has 1 saturated heterocycles. The SMILES string of the molecule is CCCCCC(=O)O[C@@H]1C=C2CO[C@H](O)[C@]2(O)[C@@]2(C)[C@@H](O)CCC(C)(C)[C@H]12. The van der Waals surface area contributed by atoms with E-state index in [2.05, 4.69) is 20.8 Å². The highest BCUT2D eigenvalue weighted by atomic mass is 16.6. The van der Waals surface area contributed by atoms with Gasteiger partial charge in [-0.25, -0.2) is 0 Å². The summed E-state index contributed by atoms with van der Waals surface area (Å²) in [5, 5.41) is 32.9. The molecular formula is C21H34O6. The Labute approximate surface area is 161 Å². The van der Waals surface area contributed by atoms with Crippen LogP contribution in [0.1, 0.15) is 66.2 Å². The Balaban J connectivity index is 1.99. The third-order valence-corrected chi connectivity index (χ3v) is 7.25. The minimum atomic E-state index is -1.68. The number of carbonyl (C=O) groups excluding carboxylic acids is 1. The topological polar surface area (TPSA) is 96.2 Å². The van der Waals surface area contributed by atoms with Crippen molar-refractivity contribution in [2.75, 3.05) is 6.61 Å². The summed E-state index contributed by atoms with van der Waals surface area (Å²) in [5.41, 5.74) is -2.55. The maximum Gasteiger partial charge on any atom is 0.306 e. The fraction of sp³-hybridized carbons (Fsp3) is 0.857. The molecule has 27 heavy (non-hydrogen) atoms. The van der Waals surface area contributed by atoms with Crippen molar-refractivity contribution >= 4 is 5.97 Å². The minimum Gasteiger partial charge on any atom is -0.458 e. The van der Waals surface area contributed by atoms with E-state index in [0.717, 1.165) is 25.7 Å². The number of esters is 1. The zero-order chi connectivity index (χ0) is 20.0. The molecule has 3 aliphatic rings. The van der Waals surface area contributed by atoms with E-state index in [1.54, 1.807) is 13.0 Å². The summed E-state index contributed by atoms with van der Waals surface area (Å²) in [7, 11) is 0. The molecule has 0 bridgehead atoms. The van der Waals surface area contributed by atoms with Gasteiger partial charge in [-0.15, -0.1) is 0 Å². The average molecular weight is 382 g/mol. The van der Waals surface area contributed by atoms with Crippen molar-refractivity contribution in [1.29, 1.82) is 0 Å². The van der Waals surface area contributed by atoms with E-state index in [9.17, 15) is 20.1 Å². The monoisotopic (exact) mass is 382 g/mol. The Hall–Kier alpha value is -0.950. The number of rotatable bonds is 5. The Morgan fingerprint density at radius 1 is 1.30 bits per heavy atom. The molecule has 2 fully saturated rings. The lowest BCUT2D eigenvalue weighted by Crippen LogP contribution is -2.70. The van der Waals surface area contributed by atoms with Crippen LogP contribution in [0, 0.1) is 16.7 Å². The molecule has 0 amide bonds. The lowest BCUT2D eigenvalue weighted by atomic mass is 9.45. The molecule has 1 aliphatic heterocycles. The largest absolute Gasteiger partial charge is 0.458 e. The van der Waals surface area contributed by atoms with Crippen LogP contribution in [-0.2, 0) is 14.3 Å². The molecule has 3 rings (SSSR count). The van der Waals surface area contributed by atoms with Gasteiger partial charge in [0.25, 0.3) is 0 Å². The molecule has 154 valence electrons. The molecule has 0 aromatic rings. The Bertz CT molecular complexity index is 614.